The van der Waals surface area contributed by atoms with Crippen molar-refractivity contribution in [1.29, 1.82) is 0 Å². The molecule has 172 valence electrons. The minimum atomic E-state index is -0.0277. The van der Waals surface area contributed by atoms with Crippen LogP contribution in [0.15, 0.2) is 66.7 Å². The lowest BCUT2D eigenvalue weighted by molar-refractivity contribution is -0.814. The second-order valence-corrected chi connectivity index (χ2v) is 7.96. The zero-order valence-corrected chi connectivity index (χ0v) is 19.0. The van der Waals surface area contributed by atoms with Gasteiger partial charge in [-0.05, 0) is 17.7 Å². The maximum absolute atomic E-state index is 13.3. The summed E-state index contributed by atoms with van der Waals surface area (Å²) >= 11 is 0. The lowest BCUT2D eigenvalue weighted by Gasteiger charge is -2.33. The molecular weight excluding hydrogens is 418 g/mol. The van der Waals surface area contributed by atoms with Gasteiger partial charge >= 0.3 is 5.91 Å². The third-order valence-electron chi connectivity index (χ3n) is 5.93. The molecule has 0 radical (unpaired) electrons. The predicted octanol–water partition coefficient (Wildman–Crippen LogP) is 2.41. The molecule has 3 aromatic carbocycles. The van der Waals surface area contributed by atoms with Crippen molar-refractivity contribution in [1.82, 2.24) is 0 Å². The average molecular weight is 449 g/mol. The van der Waals surface area contributed by atoms with Crippen LogP contribution in [0.5, 0.6) is 17.2 Å². The maximum Gasteiger partial charge on any atom is 0.346 e. The van der Waals surface area contributed by atoms with Crippen molar-refractivity contribution in [2.24, 2.45) is 0 Å². The molecule has 0 bridgehead atoms. The molecule has 4 rings (SSSR count). The van der Waals surface area contributed by atoms with Crippen molar-refractivity contribution in [2.45, 2.75) is 6.61 Å². The number of nitrogens with two attached hydrogens (primary N) is 1. The van der Waals surface area contributed by atoms with Crippen LogP contribution in [0.25, 0.3) is 0 Å². The van der Waals surface area contributed by atoms with Gasteiger partial charge < -0.3 is 24.8 Å². The topological polar surface area (TPSA) is 78.5 Å². The molecule has 7 heteroatoms. The normalized spacial score (nSPS) is 14.1. The summed E-state index contributed by atoms with van der Waals surface area (Å²) in [5.74, 6) is 1.83. The van der Waals surface area contributed by atoms with Crippen LogP contribution < -0.4 is 29.7 Å². The van der Waals surface area contributed by atoms with Crippen molar-refractivity contribution in [3.05, 3.63) is 77.9 Å². The van der Waals surface area contributed by atoms with Gasteiger partial charge in [0.2, 0.25) is 0 Å². The van der Waals surface area contributed by atoms with E-state index in [4.69, 9.17) is 19.9 Å². The van der Waals surface area contributed by atoms with Gasteiger partial charge in [0.15, 0.2) is 11.5 Å². The highest BCUT2D eigenvalue weighted by Gasteiger charge is 2.30. The number of para-hydroxylation sites is 2. The van der Waals surface area contributed by atoms with Crippen LogP contribution in [0.3, 0.4) is 0 Å². The predicted molar refractivity (Wildman–Crippen MR) is 128 cm³/mol. The summed E-state index contributed by atoms with van der Waals surface area (Å²) in [4.78, 5) is 16.4. The Labute approximate surface area is 194 Å². The first-order valence-corrected chi connectivity index (χ1v) is 11.0. The molecule has 0 unspecified atom stereocenters. The number of nitrogen functional groups attached to an aromatic ring is 1. The third-order valence-corrected chi connectivity index (χ3v) is 5.93. The van der Waals surface area contributed by atoms with E-state index >= 15 is 0 Å². The molecular formula is C26H30N3O4+. The second kappa shape index (κ2) is 10.3. The van der Waals surface area contributed by atoms with E-state index in [1.807, 2.05) is 54.6 Å². The van der Waals surface area contributed by atoms with Crippen molar-refractivity contribution in [3.8, 4) is 17.2 Å². The van der Waals surface area contributed by atoms with Crippen LogP contribution >= 0.6 is 0 Å². The third kappa shape index (κ3) is 5.04. The number of benzene rings is 3. The van der Waals surface area contributed by atoms with Gasteiger partial charge in [0.25, 0.3) is 0 Å². The van der Waals surface area contributed by atoms with Gasteiger partial charge in [-0.2, -0.15) is 0 Å². The van der Waals surface area contributed by atoms with E-state index in [9.17, 15) is 4.79 Å². The summed E-state index contributed by atoms with van der Waals surface area (Å²) in [5, 5.41) is 0. The van der Waals surface area contributed by atoms with Crippen molar-refractivity contribution in [3.63, 3.8) is 0 Å². The van der Waals surface area contributed by atoms with Crippen LogP contribution in [-0.2, 0) is 6.61 Å². The highest BCUT2D eigenvalue weighted by atomic mass is 16.5. The van der Waals surface area contributed by atoms with Gasteiger partial charge in [-0.15, -0.1) is 0 Å². The summed E-state index contributed by atoms with van der Waals surface area (Å²) in [5.41, 5.74) is 9.22. The number of nitrogens with one attached hydrogen (secondary N) is 1. The molecule has 0 spiro atoms. The molecule has 0 atom stereocenters. The molecule has 3 aromatic rings. The maximum atomic E-state index is 13.3. The fourth-order valence-corrected chi connectivity index (χ4v) is 4.11. The van der Waals surface area contributed by atoms with Crippen molar-refractivity contribution in [2.75, 3.05) is 51.0 Å². The highest BCUT2D eigenvalue weighted by Crippen LogP contribution is 2.33. The zero-order valence-electron chi connectivity index (χ0n) is 19.0. The molecule has 0 aromatic heterocycles. The number of amides is 1. The van der Waals surface area contributed by atoms with E-state index in [2.05, 4.69) is 4.90 Å². The zero-order chi connectivity index (χ0) is 23.2. The van der Waals surface area contributed by atoms with Crippen molar-refractivity contribution < 1.29 is 23.9 Å². The van der Waals surface area contributed by atoms with Gasteiger partial charge in [0, 0.05) is 12.1 Å². The average Bonchev–Trinajstić information content (AvgIpc) is 2.87. The first-order valence-electron chi connectivity index (χ1n) is 11.0. The number of carbonyl (C=O) groups is 1. The summed E-state index contributed by atoms with van der Waals surface area (Å²) in [7, 11) is 3.24. The van der Waals surface area contributed by atoms with Crippen molar-refractivity contribution >= 4 is 17.3 Å². The van der Waals surface area contributed by atoms with E-state index < -0.39 is 0 Å². The molecule has 3 N–H and O–H groups in total. The highest BCUT2D eigenvalue weighted by molar-refractivity contribution is 5.94. The number of hydrogen-bond donors (Lipinski definition) is 2. The number of nitrogens with zero attached hydrogens (tertiary/aromatic N) is 1. The molecule has 1 aliphatic heterocycles. The van der Waals surface area contributed by atoms with Crippen LogP contribution in [0.1, 0.15) is 15.9 Å². The van der Waals surface area contributed by atoms with E-state index in [-0.39, 0.29) is 5.91 Å². The second-order valence-electron chi connectivity index (χ2n) is 7.96. The Morgan fingerprint density at radius 3 is 2.27 bits per heavy atom. The lowest BCUT2D eigenvalue weighted by atomic mass is 10.1. The largest absolute Gasteiger partial charge is 0.495 e. The Bertz CT molecular complexity index is 1100. The first kappa shape index (κ1) is 22.5. The number of piperazine rings is 1. The Morgan fingerprint density at radius 1 is 0.909 bits per heavy atom. The molecule has 1 aliphatic rings. The lowest BCUT2D eigenvalue weighted by Crippen LogP contribution is -3.17. The smallest absolute Gasteiger partial charge is 0.346 e. The minimum Gasteiger partial charge on any atom is -0.495 e. The summed E-state index contributed by atoms with van der Waals surface area (Å²) in [6, 6.07) is 21.2. The SMILES string of the molecule is COc1cc(C(=O)[NH+]2CCN(c3ccccc3OC)CC2)c(N)cc1OCc1ccccc1. The molecule has 1 fully saturated rings. The number of anilines is 2. The molecule has 33 heavy (non-hydrogen) atoms. The molecule has 0 aliphatic carbocycles. The minimum absolute atomic E-state index is 0.0277. The number of hydrogen-bond acceptors (Lipinski definition) is 6. The number of carbonyl (C=O) groups excluding carboxylic acids is 1. The van der Waals surface area contributed by atoms with Gasteiger partial charge in [-0.25, -0.2) is 4.79 Å². The van der Waals surface area contributed by atoms with Crippen LogP contribution in [-0.4, -0.2) is 46.3 Å². The van der Waals surface area contributed by atoms with E-state index in [1.54, 1.807) is 26.4 Å². The van der Waals surface area contributed by atoms with E-state index in [1.165, 1.54) is 0 Å². The number of quaternary nitrogens is 1. The van der Waals surface area contributed by atoms with E-state index in [0.717, 1.165) is 35.0 Å². The fraction of sp³-hybridized carbons (Fsp3) is 0.269. The quantitative estimate of drug-likeness (QED) is 0.541. The molecule has 1 amide bonds. The monoisotopic (exact) mass is 448 g/mol. The van der Waals surface area contributed by atoms with Gasteiger partial charge in [-0.1, -0.05) is 42.5 Å². The molecule has 0 saturated carbocycles. The Hall–Kier alpha value is -3.71. The standard InChI is InChI=1S/C26H29N3O4/c1-31-23-11-7-6-10-22(23)28-12-14-29(15-13-28)26(30)20-16-24(32-2)25(17-21(20)27)33-18-19-8-4-3-5-9-19/h3-11,16-17H,12-15,18,27H2,1-2H3/p+1. The van der Waals surface area contributed by atoms with Gasteiger partial charge in [0.1, 0.15) is 31.0 Å². The summed E-state index contributed by atoms with van der Waals surface area (Å²) in [6.45, 7) is 3.23. The van der Waals surface area contributed by atoms with Crippen LogP contribution in [0.2, 0.25) is 0 Å². The number of ether oxygens (including phenoxy) is 3. The number of rotatable bonds is 7. The Balaban J connectivity index is 1.45. The first-order chi connectivity index (χ1) is 16.1. The van der Waals surface area contributed by atoms with Gasteiger partial charge in [-0.3, -0.25) is 4.90 Å². The van der Waals surface area contributed by atoms with Crippen LogP contribution in [0, 0.1) is 0 Å². The van der Waals surface area contributed by atoms with E-state index in [0.29, 0.717) is 42.4 Å². The molecule has 1 heterocycles. The number of methoxy groups -OCH3 is 2. The summed E-state index contributed by atoms with van der Waals surface area (Å²) in [6.07, 6.45) is 0. The summed E-state index contributed by atoms with van der Waals surface area (Å²) < 4.78 is 16.9. The molecule has 1 saturated heterocycles. The molecule has 7 nitrogen and oxygen atoms in total. The Kier molecular flexibility index (Phi) is 7.00. The van der Waals surface area contributed by atoms with Gasteiger partial charge in [0.05, 0.1) is 38.7 Å². The fourth-order valence-electron chi connectivity index (χ4n) is 4.11. The Morgan fingerprint density at radius 2 is 1.58 bits per heavy atom. The van der Waals surface area contributed by atoms with Crippen LogP contribution in [0.4, 0.5) is 11.4 Å².